The molecule has 0 aromatic rings. The SMILES string of the molecule is CCC(N)CC(N)(N)N. The fraction of sp³-hybridized carbons (Fsp3) is 1.00. The standard InChI is InChI=1S/C5H16N4/c1-2-4(6)3-5(7,8)9/h4H,2-3,6-9H2,1H3. The van der Waals surface area contributed by atoms with E-state index in [2.05, 4.69) is 0 Å². The molecule has 0 rings (SSSR count). The van der Waals surface area contributed by atoms with Gasteiger partial charge >= 0.3 is 0 Å². The van der Waals surface area contributed by atoms with Gasteiger partial charge in [-0.05, 0) is 6.42 Å². The first-order valence-electron chi connectivity index (χ1n) is 3.08. The minimum absolute atomic E-state index is 0.0185. The maximum absolute atomic E-state index is 5.52. The number of hydrogen-bond acceptors (Lipinski definition) is 4. The van der Waals surface area contributed by atoms with Crippen molar-refractivity contribution in [2.24, 2.45) is 22.9 Å². The Bertz CT molecular complexity index is 75.5. The second-order valence-corrected chi connectivity index (χ2v) is 2.48. The summed E-state index contributed by atoms with van der Waals surface area (Å²) >= 11 is 0. The van der Waals surface area contributed by atoms with Gasteiger partial charge in [-0.25, -0.2) is 0 Å². The van der Waals surface area contributed by atoms with Crippen LogP contribution >= 0.6 is 0 Å². The molecule has 0 radical (unpaired) electrons. The molecule has 0 aliphatic heterocycles. The molecule has 0 bridgehead atoms. The first kappa shape index (κ1) is 8.84. The molecule has 0 spiro atoms. The van der Waals surface area contributed by atoms with Crippen LogP contribution in [0.3, 0.4) is 0 Å². The van der Waals surface area contributed by atoms with E-state index in [1.807, 2.05) is 6.92 Å². The summed E-state index contributed by atoms with van der Waals surface area (Å²) in [4.78, 5) is 0. The summed E-state index contributed by atoms with van der Waals surface area (Å²) in [5.41, 5.74) is 21.4. The first-order valence-corrected chi connectivity index (χ1v) is 3.08. The van der Waals surface area contributed by atoms with E-state index < -0.39 is 5.79 Å². The van der Waals surface area contributed by atoms with Crippen molar-refractivity contribution < 1.29 is 0 Å². The topological polar surface area (TPSA) is 104 Å². The monoisotopic (exact) mass is 132 g/mol. The van der Waals surface area contributed by atoms with Crippen LogP contribution in [-0.2, 0) is 0 Å². The lowest BCUT2D eigenvalue weighted by Gasteiger charge is -2.21. The second kappa shape index (κ2) is 3.12. The molecule has 1 atom stereocenters. The van der Waals surface area contributed by atoms with Gasteiger partial charge in [-0.2, -0.15) is 0 Å². The molecule has 0 aliphatic carbocycles. The fourth-order valence-corrected chi connectivity index (χ4v) is 0.598. The van der Waals surface area contributed by atoms with Crippen LogP contribution in [0.1, 0.15) is 19.8 Å². The quantitative estimate of drug-likeness (QED) is 0.356. The predicted molar refractivity (Wildman–Crippen MR) is 38.2 cm³/mol. The predicted octanol–water partition coefficient (Wildman–Crippen LogP) is -1.36. The van der Waals surface area contributed by atoms with Crippen molar-refractivity contribution >= 4 is 0 Å². The van der Waals surface area contributed by atoms with Crippen LogP contribution in [0, 0.1) is 0 Å². The van der Waals surface area contributed by atoms with E-state index in [1.165, 1.54) is 0 Å². The van der Waals surface area contributed by atoms with Gasteiger partial charge < -0.3 is 22.9 Å². The Labute approximate surface area is 55.6 Å². The van der Waals surface area contributed by atoms with E-state index in [1.54, 1.807) is 0 Å². The third-order valence-electron chi connectivity index (χ3n) is 1.14. The van der Waals surface area contributed by atoms with Gasteiger partial charge in [-0.15, -0.1) is 0 Å². The molecule has 0 amide bonds. The van der Waals surface area contributed by atoms with Crippen LogP contribution in [0.25, 0.3) is 0 Å². The Morgan fingerprint density at radius 3 is 1.89 bits per heavy atom. The molecule has 0 fully saturated rings. The zero-order valence-corrected chi connectivity index (χ0v) is 5.80. The van der Waals surface area contributed by atoms with Gasteiger partial charge in [0.25, 0.3) is 0 Å². The van der Waals surface area contributed by atoms with Gasteiger partial charge in [-0.3, -0.25) is 0 Å². The van der Waals surface area contributed by atoms with Crippen LogP contribution in [0.5, 0.6) is 0 Å². The maximum Gasteiger partial charge on any atom is 0.117 e. The average Bonchev–Trinajstić information content (AvgIpc) is 1.62. The third kappa shape index (κ3) is 5.72. The summed E-state index contributed by atoms with van der Waals surface area (Å²) in [5, 5.41) is 0. The number of nitrogens with two attached hydrogens (primary N) is 4. The van der Waals surface area contributed by atoms with Crippen molar-refractivity contribution in [1.29, 1.82) is 0 Å². The lowest BCUT2D eigenvalue weighted by atomic mass is 10.1. The van der Waals surface area contributed by atoms with Crippen molar-refractivity contribution in [2.75, 3.05) is 0 Å². The van der Waals surface area contributed by atoms with Crippen molar-refractivity contribution in [1.82, 2.24) is 0 Å². The van der Waals surface area contributed by atoms with Crippen molar-refractivity contribution in [3.63, 3.8) is 0 Å². The summed E-state index contributed by atoms with van der Waals surface area (Å²) in [6.07, 6.45) is 1.32. The van der Waals surface area contributed by atoms with Crippen LogP contribution in [-0.4, -0.2) is 11.8 Å². The second-order valence-electron chi connectivity index (χ2n) is 2.48. The Kier molecular flexibility index (Phi) is 3.07. The molecule has 0 aromatic heterocycles. The Morgan fingerprint density at radius 1 is 1.33 bits per heavy atom. The molecule has 8 N–H and O–H groups in total. The van der Waals surface area contributed by atoms with E-state index in [9.17, 15) is 0 Å². The average molecular weight is 132 g/mol. The number of hydrogen-bond donors (Lipinski definition) is 4. The largest absolute Gasteiger partial charge is 0.328 e. The smallest absolute Gasteiger partial charge is 0.117 e. The molecular weight excluding hydrogens is 116 g/mol. The fourth-order valence-electron chi connectivity index (χ4n) is 0.598. The van der Waals surface area contributed by atoms with E-state index in [-0.39, 0.29) is 6.04 Å². The zero-order valence-electron chi connectivity index (χ0n) is 5.80. The van der Waals surface area contributed by atoms with Crippen molar-refractivity contribution in [2.45, 2.75) is 31.6 Å². The summed E-state index contributed by atoms with van der Waals surface area (Å²) in [7, 11) is 0. The summed E-state index contributed by atoms with van der Waals surface area (Å²) < 4.78 is 0. The molecule has 0 saturated heterocycles. The molecule has 9 heavy (non-hydrogen) atoms. The Morgan fingerprint density at radius 2 is 1.78 bits per heavy atom. The van der Waals surface area contributed by atoms with Gasteiger partial charge in [0.15, 0.2) is 0 Å². The van der Waals surface area contributed by atoms with Crippen molar-refractivity contribution in [3.8, 4) is 0 Å². The van der Waals surface area contributed by atoms with Gasteiger partial charge in [0.1, 0.15) is 5.79 Å². The van der Waals surface area contributed by atoms with E-state index in [0.717, 1.165) is 6.42 Å². The zero-order chi connectivity index (χ0) is 7.49. The minimum Gasteiger partial charge on any atom is -0.328 e. The summed E-state index contributed by atoms with van der Waals surface area (Å²) in [6, 6.07) is 0.0185. The molecule has 0 heterocycles. The van der Waals surface area contributed by atoms with E-state index >= 15 is 0 Å². The number of rotatable bonds is 3. The lowest BCUT2D eigenvalue weighted by molar-refractivity contribution is 0.378. The first-order chi connectivity index (χ1) is 3.95. The van der Waals surface area contributed by atoms with Gasteiger partial charge in [0.2, 0.25) is 0 Å². The van der Waals surface area contributed by atoms with Crippen LogP contribution < -0.4 is 22.9 Å². The van der Waals surface area contributed by atoms with Crippen molar-refractivity contribution in [3.05, 3.63) is 0 Å². The molecule has 0 aromatic carbocycles. The highest BCUT2D eigenvalue weighted by Crippen LogP contribution is 1.97. The summed E-state index contributed by atoms with van der Waals surface area (Å²) in [6.45, 7) is 1.97. The molecule has 0 aliphatic rings. The van der Waals surface area contributed by atoms with Crippen LogP contribution in [0.15, 0.2) is 0 Å². The minimum atomic E-state index is -1.10. The molecule has 1 unspecified atom stereocenters. The van der Waals surface area contributed by atoms with Gasteiger partial charge in [-0.1, -0.05) is 6.92 Å². The Balaban J connectivity index is 3.47. The molecule has 4 heteroatoms. The molecule has 56 valence electrons. The maximum atomic E-state index is 5.52. The third-order valence-corrected chi connectivity index (χ3v) is 1.14. The van der Waals surface area contributed by atoms with Gasteiger partial charge in [0, 0.05) is 12.5 Å². The Hall–Kier alpha value is -0.160. The van der Waals surface area contributed by atoms with E-state index in [4.69, 9.17) is 22.9 Å². The molecular formula is C5H16N4. The highest BCUT2D eigenvalue weighted by Gasteiger charge is 2.14. The van der Waals surface area contributed by atoms with Crippen LogP contribution in [0.2, 0.25) is 0 Å². The highest BCUT2D eigenvalue weighted by atomic mass is 15.1. The van der Waals surface area contributed by atoms with E-state index in [0.29, 0.717) is 6.42 Å². The molecule has 0 saturated carbocycles. The highest BCUT2D eigenvalue weighted by molar-refractivity contribution is 4.74. The normalized spacial score (nSPS) is 15.7. The molecule has 4 nitrogen and oxygen atoms in total. The van der Waals surface area contributed by atoms with Gasteiger partial charge in [0.05, 0.1) is 0 Å². The van der Waals surface area contributed by atoms with Crippen LogP contribution in [0.4, 0.5) is 0 Å². The lowest BCUT2D eigenvalue weighted by Crippen LogP contribution is -2.60. The summed E-state index contributed by atoms with van der Waals surface area (Å²) in [5.74, 6) is -1.10.